The molecule has 1 fully saturated rings. The first-order chi connectivity index (χ1) is 9.06. The fourth-order valence-electron chi connectivity index (χ4n) is 2.54. The molecule has 1 aromatic heterocycles. The number of carbonyl (C=O) groups is 1. The number of aromatic nitrogens is 2. The number of anilines is 1. The van der Waals surface area contributed by atoms with Crippen molar-refractivity contribution in [2.24, 2.45) is 5.41 Å². The van der Waals surface area contributed by atoms with Crippen LogP contribution in [0, 0.1) is 12.3 Å². The first kappa shape index (κ1) is 13.7. The van der Waals surface area contributed by atoms with E-state index in [1.165, 1.54) is 6.20 Å². The third-order valence-corrected chi connectivity index (χ3v) is 3.83. The molecule has 0 bridgehead atoms. The molecule has 1 saturated carbocycles. The number of aryl methyl sites for hydroxylation is 1. The minimum Gasteiger partial charge on any atom is -0.478 e. The number of nitrogens with zero attached hydrogens (tertiary/aromatic N) is 2. The zero-order valence-corrected chi connectivity index (χ0v) is 11.0. The Kier molecular flexibility index (Phi) is 3.99. The number of carboxylic acid groups (broad SMARTS) is 1. The lowest BCUT2D eigenvalue weighted by Crippen LogP contribution is -2.31. The van der Waals surface area contributed by atoms with E-state index in [4.69, 9.17) is 5.11 Å². The van der Waals surface area contributed by atoms with Crippen molar-refractivity contribution in [3.8, 4) is 0 Å². The first-order valence-electron chi connectivity index (χ1n) is 6.48. The van der Waals surface area contributed by atoms with Crippen molar-refractivity contribution >= 4 is 11.9 Å². The van der Waals surface area contributed by atoms with Gasteiger partial charge < -0.3 is 15.5 Å². The smallest absolute Gasteiger partial charge is 0.339 e. The lowest BCUT2D eigenvalue weighted by molar-refractivity contribution is 0.0695. The molecule has 0 unspecified atom stereocenters. The van der Waals surface area contributed by atoms with Crippen LogP contribution in [0.4, 0.5) is 5.95 Å². The summed E-state index contributed by atoms with van der Waals surface area (Å²) >= 11 is 0. The predicted molar refractivity (Wildman–Crippen MR) is 70.2 cm³/mol. The molecule has 1 aliphatic rings. The van der Waals surface area contributed by atoms with Crippen molar-refractivity contribution < 1.29 is 15.0 Å². The van der Waals surface area contributed by atoms with Crippen molar-refractivity contribution in [3.05, 3.63) is 17.5 Å². The number of carboxylic acids is 1. The van der Waals surface area contributed by atoms with Crippen molar-refractivity contribution in [2.45, 2.75) is 32.6 Å². The Bertz CT molecular complexity index is 470. The summed E-state index contributed by atoms with van der Waals surface area (Å²) in [5.41, 5.74) is 0.473. The highest BCUT2D eigenvalue weighted by Gasteiger charge is 2.33. The van der Waals surface area contributed by atoms with Crippen LogP contribution in [-0.2, 0) is 0 Å². The number of rotatable bonds is 5. The van der Waals surface area contributed by atoms with Gasteiger partial charge in [0.25, 0.3) is 0 Å². The Balaban J connectivity index is 2.03. The molecule has 6 heteroatoms. The number of hydrogen-bond donors (Lipinski definition) is 3. The molecule has 0 saturated heterocycles. The van der Waals surface area contributed by atoms with E-state index in [2.05, 4.69) is 15.3 Å². The van der Waals surface area contributed by atoms with Gasteiger partial charge in [-0.2, -0.15) is 0 Å². The SMILES string of the molecule is Cc1nc(NCC2(CO)CCCC2)ncc1C(=O)O. The van der Waals surface area contributed by atoms with Gasteiger partial charge in [0, 0.05) is 18.2 Å². The van der Waals surface area contributed by atoms with Crippen LogP contribution in [0.5, 0.6) is 0 Å². The largest absolute Gasteiger partial charge is 0.478 e. The summed E-state index contributed by atoms with van der Waals surface area (Å²) in [5, 5.41) is 21.5. The monoisotopic (exact) mass is 265 g/mol. The van der Waals surface area contributed by atoms with Crippen LogP contribution in [0.15, 0.2) is 6.20 Å². The molecule has 0 aromatic carbocycles. The molecule has 19 heavy (non-hydrogen) atoms. The summed E-state index contributed by atoms with van der Waals surface area (Å²) in [4.78, 5) is 19.0. The van der Waals surface area contributed by atoms with Crippen molar-refractivity contribution in [1.29, 1.82) is 0 Å². The Hall–Kier alpha value is -1.69. The van der Waals surface area contributed by atoms with Gasteiger partial charge in [-0.15, -0.1) is 0 Å². The van der Waals surface area contributed by atoms with E-state index in [0.29, 0.717) is 18.2 Å². The molecule has 104 valence electrons. The second-order valence-corrected chi connectivity index (χ2v) is 5.22. The van der Waals surface area contributed by atoms with E-state index in [1.54, 1.807) is 6.92 Å². The fourth-order valence-corrected chi connectivity index (χ4v) is 2.54. The molecule has 1 aliphatic carbocycles. The van der Waals surface area contributed by atoms with Gasteiger partial charge in [-0.1, -0.05) is 12.8 Å². The molecular weight excluding hydrogens is 246 g/mol. The molecule has 0 aliphatic heterocycles. The Morgan fingerprint density at radius 1 is 1.47 bits per heavy atom. The Labute approximate surface area is 111 Å². The normalized spacial score (nSPS) is 17.4. The molecular formula is C13H19N3O3. The van der Waals surface area contributed by atoms with Crippen LogP contribution in [0.3, 0.4) is 0 Å². The lowest BCUT2D eigenvalue weighted by Gasteiger charge is -2.26. The Morgan fingerprint density at radius 2 is 2.16 bits per heavy atom. The summed E-state index contributed by atoms with van der Waals surface area (Å²) in [5.74, 6) is -0.603. The summed E-state index contributed by atoms with van der Waals surface area (Å²) in [6.07, 6.45) is 5.60. The minimum atomic E-state index is -1.02. The zero-order chi connectivity index (χ0) is 13.9. The highest BCUT2D eigenvalue weighted by Crippen LogP contribution is 2.37. The summed E-state index contributed by atoms with van der Waals surface area (Å²) in [6.45, 7) is 2.43. The summed E-state index contributed by atoms with van der Waals surface area (Å²) in [7, 11) is 0. The summed E-state index contributed by atoms with van der Waals surface area (Å²) < 4.78 is 0. The quantitative estimate of drug-likeness (QED) is 0.745. The third-order valence-electron chi connectivity index (χ3n) is 3.83. The average Bonchev–Trinajstić information content (AvgIpc) is 2.85. The van der Waals surface area contributed by atoms with Crippen LogP contribution >= 0.6 is 0 Å². The molecule has 0 radical (unpaired) electrons. The zero-order valence-electron chi connectivity index (χ0n) is 11.0. The maximum atomic E-state index is 10.9. The average molecular weight is 265 g/mol. The van der Waals surface area contributed by atoms with Gasteiger partial charge in [0.15, 0.2) is 0 Å². The van der Waals surface area contributed by atoms with E-state index in [-0.39, 0.29) is 17.6 Å². The highest BCUT2D eigenvalue weighted by molar-refractivity contribution is 5.88. The van der Waals surface area contributed by atoms with E-state index >= 15 is 0 Å². The minimum absolute atomic E-state index is 0.0806. The van der Waals surface area contributed by atoms with Crippen LogP contribution in [-0.4, -0.2) is 39.3 Å². The number of nitrogens with one attached hydrogen (secondary N) is 1. The number of aliphatic hydroxyl groups excluding tert-OH is 1. The van der Waals surface area contributed by atoms with Gasteiger partial charge in [-0.05, 0) is 19.8 Å². The van der Waals surface area contributed by atoms with Gasteiger partial charge in [0.05, 0.1) is 17.9 Å². The van der Waals surface area contributed by atoms with Crippen LogP contribution < -0.4 is 5.32 Å². The summed E-state index contributed by atoms with van der Waals surface area (Å²) in [6, 6.07) is 0. The van der Waals surface area contributed by atoms with Crippen LogP contribution in [0.1, 0.15) is 41.7 Å². The molecule has 2 rings (SSSR count). The molecule has 1 aromatic rings. The van der Waals surface area contributed by atoms with Gasteiger partial charge in [0.1, 0.15) is 0 Å². The first-order valence-corrected chi connectivity index (χ1v) is 6.48. The van der Waals surface area contributed by atoms with Crippen molar-refractivity contribution in [2.75, 3.05) is 18.5 Å². The maximum absolute atomic E-state index is 10.9. The van der Waals surface area contributed by atoms with E-state index in [0.717, 1.165) is 25.7 Å². The second kappa shape index (κ2) is 5.52. The van der Waals surface area contributed by atoms with E-state index in [1.807, 2.05) is 0 Å². The molecule has 6 nitrogen and oxygen atoms in total. The van der Waals surface area contributed by atoms with Gasteiger partial charge in [-0.3, -0.25) is 0 Å². The Morgan fingerprint density at radius 3 is 2.68 bits per heavy atom. The number of aromatic carboxylic acids is 1. The van der Waals surface area contributed by atoms with Crippen molar-refractivity contribution in [3.63, 3.8) is 0 Å². The molecule has 3 N–H and O–H groups in total. The molecule has 0 atom stereocenters. The van der Waals surface area contributed by atoms with Gasteiger partial charge in [0.2, 0.25) is 5.95 Å². The predicted octanol–water partition coefficient (Wildman–Crippen LogP) is 1.45. The highest BCUT2D eigenvalue weighted by atomic mass is 16.4. The number of hydrogen-bond acceptors (Lipinski definition) is 5. The molecule has 0 spiro atoms. The van der Waals surface area contributed by atoms with Gasteiger partial charge in [-0.25, -0.2) is 14.8 Å². The lowest BCUT2D eigenvalue weighted by atomic mass is 9.87. The fraction of sp³-hybridized carbons (Fsp3) is 0.615. The van der Waals surface area contributed by atoms with E-state index < -0.39 is 5.97 Å². The third kappa shape index (κ3) is 3.01. The standard InChI is InChI=1S/C13H19N3O3/c1-9-10(11(18)19)6-14-12(16-9)15-7-13(8-17)4-2-3-5-13/h6,17H,2-5,7-8H2,1H3,(H,18,19)(H,14,15,16). The number of aliphatic hydroxyl groups is 1. The molecule has 1 heterocycles. The second-order valence-electron chi connectivity index (χ2n) is 5.22. The topological polar surface area (TPSA) is 95.3 Å². The molecule has 0 amide bonds. The van der Waals surface area contributed by atoms with Crippen LogP contribution in [0.25, 0.3) is 0 Å². The van der Waals surface area contributed by atoms with Gasteiger partial charge >= 0.3 is 5.97 Å². The maximum Gasteiger partial charge on any atom is 0.339 e. The van der Waals surface area contributed by atoms with E-state index in [9.17, 15) is 9.90 Å². The van der Waals surface area contributed by atoms with Crippen molar-refractivity contribution in [1.82, 2.24) is 9.97 Å². The van der Waals surface area contributed by atoms with Crippen LogP contribution in [0.2, 0.25) is 0 Å².